The number of halogens is 2. The van der Waals surface area contributed by atoms with E-state index in [1.54, 1.807) is 0 Å². The molecule has 0 unspecified atom stereocenters. The molecule has 0 aromatic heterocycles. The Morgan fingerprint density at radius 2 is 2.11 bits per heavy atom. The zero-order chi connectivity index (χ0) is 14.4. The van der Waals surface area contributed by atoms with Gasteiger partial charge in [-0.2, -0.15) is 0 Å². The molecule has 0 radical (unpaired) electrons. The lowest BCUT2D eigenvalue weighted by Gasteiger charge is -2.14. The highest BCUT2D eigenvalue weighted by Gasteiger charge is 2.20. The first-order valence-corrected chi connectivity index (χ1v) is 5.68. The predicted octanol–water partition coefficient (Wildman–Crippen LogP) is 1.44. The third kappa shape index (κ3) is 4.38. The normalized spacial score (nSPS) is 11.7. The molecule has 104 valence electrons. The van der Waals surface area contributed by atoms with Gasteiger partial charge in [0.1, 0.15) is 11.9 Å². The molecule has 6 nitrogen and oxygen atoms in total. The standard InChI is InChI=1S/C11H12ClFN2O4/c12-6-2-1-3-7(13)9(6)15-11(19)14-8(4-5-16)10(17)18/h1-3,8,16H,4-5H2,(H,17,18)(H2,14,15,19)/t8-/m0/s1. The van der Waals surface area contributed by atoms with E-state index in [4.69, 9.17) is 21.8 Å². The van der Waals surface area contributed by atoms with Gasteiger partial charge in [0.05, 0.1) is 10.7 Å². The second-order valence-electron chi connectivity index (χ2n) is 3.60. The molecule has 1 aromatic carbocycles. The summed E-state index contributed by atoms with van der Waals surface area (Å²) in [5.41, 5.74) is -0.241. The highest BCUT2D eigenvalue weighted by atomic mass is 35.5. The fraction of sp³-hybridized carbons (Fsp3) is 0.273. The van der Waals surface area contributed by atoms with E-state index < -0.39 is 30.5 Å². The van der Waals surface area contributed by atoms with Gasteiger partial charge in [-0.3, -0.25) is 0 Å². The predicted molar refractivity (Wildman–Crippen MR) is 66.7 cm³/mol. The number of aliphatic hydroxyl groups is 1. The van der Waals surface area contributed by atoms with Gasteiger partial charge in [0.15, 0.2) is 0 Å². The number of aliphatic carboxylic acids is 1. The lowest BCUT2D eigenvalue weighted by atomic mass is 10.2. The fourth-order valence-corrected chi connectivity index (χ4v) is 1.52. The first kappa shape index (κ1) is 15.2. The van der Waals surface area contributed by atoms with E-state index in [-0.39, 0.29) is 17.1 Å². The molecular formula is C11H12ClFN2O4. The molecule has 0 fully saturated rings. The van der Waals surface area contributed by atoms with E-state index >= 15 is 0 Å². The number of para-hydroxylation sites is 1. The van der Waals surface area contributed by atoms with Gasteiger partial charge in [-0.05, 0) is 12.1 Å². The van der Waals surface area contributed by atoms with Crippen molar-refractivity contribution in [1.29, 1.82) is 0 Å². The number of carbonyl (C=O) groups is 2. The Morgan fingerprint density at radius 3 is 2.63 bits per heavy atom. The lowest BCUT2D eigenvalue weighted by molar-refractivity contribution is -0.139. The molecule has 4 N–H and O–H groups in total. The van der Waals surface area contributed by atoms with Crippen LogP contribution >= 0.6 is 11.6 Å². The number of aliphatic hydroxyl groups excluding tert-OH is 1. The average Bonchev–Trinajstić information content (AvgIpc) is 2.33. The molecule has 8 heteroatoms. The van der Waals surface area contributed by atoms with Gasteiger partial charge in [-0.1, -0.05) is 17.7 Å². The van der Waals surface area contributed by atoms with Crippen molar-refractivity contribution in [1.82, 2.24) is 5.32 Å². The van der Waals surface area contributed by atoms with Gasteiger partial charge in [0, 0.05) is 13.0 Å². The Labute approximate surface area is 113 Å². The molecule has 0 aliphatic rings. The summed E-state index contributed by atoms with van der Waals surface area (Å²) < 4.78 is 13.4. The van der Waals surface area contributed by atoms with Crippen molar-refractivity contribution < 1.29 is 24.2 Å². The highest BCUT2D eigenvalue weighted by molar-refractivity contribution is 6.33. The van der Waals surface area contributed by atoms with Gasteiger partial charge in [0.25, 0.3) is 0 Å². The average molecular weight is 291 g/mol. The summed E-state index contributed by atoms with van der Waals surface area (Å²) in [6, 6.07) is 1.66. The van der Waals surface area contributed by atoms with Gasteiger partial charge in [-0.15, -0.1) is 0 Å². The van der Waals surface area contributed by atoms with Crippen LogP contribution in [0.3, 0.4) is 0 Å². The Bertz CT molecular complexity index is 464. The SMILES string of the molecule is O=C(Nc1c(F)cccc1Cl)N[C@@H](CCO)C(=O)O. The minimum atomic E-state index is -1.30. The second kappa shape index (κ2) is 6.91. The summed E-state index contributed by atoms with van der Waals surface area (Å²) >= 11 is 5.70. The van der Waals surface area contributed by atoms with Crippen LogP contribution < -0.4 is 10.6 Å². The number of benzene rings is 1. The summed E-state index contributed by atoms with van der Waals surface area (Å²) in [5, 5.41) is 21.6. The van der Waals surface area contributed by atoms with Crippen LogP contribution in [0.1, 0.15) is 6.42 Å². The van der Waals surface area contributed by atoms with Crippen LogP contribution in [-0.2, 0) is 4.79 Å². The van der Waals surface area contributed by atoms with Crippen LogP contribution in [0.5, 0.6) is 0 Å². The van der Waals surface area contributed by atoms with Gasteiger partial charge >= 0.3 is 12.0 Å². The largest absolute Gasteiger partial charge is 0.480 e. The first-order chi connectivity index (χ1) is 8.95. The molecule has 0 spiro atoms. The molecule has 0 saturated heterocycles. The van der Waals surface area contributed by atoms with Crippen molar-refractivity contribution in [3.63, 3.8) is 0 Å². The van der Waals surface area contributed by atoms with Crippen molar-refractivity contribution in [3.8, 4) is 0 Å². The maximum Gasteiger partial charge on any atom is 0.326 e. The molecule has 0 aliphatic heterocycles. The summed E-state index contributed by atoms with van der Waals surface area (Å²) in [4.78, 5) is 22.3. The molecule has 19 heavy (non-hydrogen) atoms. The lowest BCUT2D eigenvalue weighted by Crippen LogP contribution is -2.43. The van der Waals surface area contributed by atoms with Gasteiger partial charge in [0.2, 0.25) is 0 Å². The number of hydrogen-bond donors (Lipinski definition) is 4. The van der Waals surface area contributed by atoms with Crippen molar-refractivity contribution >= 4 is 29.3 Å². The van der Waals surface area contributed by atoms with E-state index in [0.717, 1.165) is 6.07 Å². The minimum Gasteiger partial charge on any atom is -0.480 e. The Kier molecular flexibility index (Phi) is 5.53. The number of amides is 2. The third-order valence-electron chi connectivity index (χ3n) is 2.22. The van der Waals surface area contributed by atoms with Crippen LogP contribution in [0.2, 0.25) is 5.02 Å². The molecular weight excluding hydrogens is 279 g/mol. The number of carboxylic acids is 1. The van der Waals surface area contributed by atoms with E-state index in [2.05, 4.69) is 10.6 Å². The van der Waals surface area contributed by atoms with E-state index in [1.165, 1.54) is 12.1 Å². The summed E-state index contributed by atoms with van der Waals surface area (Å²) in [6.45, 7) is -0.405. The molecule has 0 bridgehead atoms. The van der Waals surface area contributed by atoms with Crippen LogP contribution in [0, 0.1) is 5.82 Å². The summed E-state index contributed by atoms with van der Waals surface area (Å²) in [5.74, 6) is -2.04. The summed E-state index contributed by atoms with van der Waals surface area (Å²) in [7, 11) is 0. The maximum absolute atomic E-state index is 13.4. The maximum atomic E-state index is 13.4. The molecule has 1 atom stereocenters. The second-order valence-corrected chi connectivity index (χ2v) is 4.01. The van der Waals surface area contributed by atoms with Crippen molar-refractivity contribution in [2.45, 2.75) is 12.5 Å². The topological polar surface area (TPSA) is 98.7 Å². The van der Waals surface area contributed by atoms with Crippen LogP contribution in [-0.4, -0.2) is 34.9 Å². The number of anilines is 1. The first-order valence-electron chi connectivity index (χ1n) is 5.31. The Morgan fingerprint density at radius 1 is 1.42 bits per heavy atom. The molecule has 0 aliphatic carbocycles. The van der Waals surface area contributed by atoms with Gasteiger partial charge < -0.3 is 20.8 Å². The minimum absolute atomic E-state index is 0.0100. The molecule has 1 rings (SSSR count). The molecule has 0 heterocycles. The Balaban J connectivity index is 2.72. The number of urea groups is 1. The van der Waals surface area contributed by atoms with Crippen LogP contribution in [0.15, 0.2) is 18.2 Å². The molecule has 2 amide bonds. The zero-order valence-corrected chi connectivity index (χ0v) is 10.4. The quantitative estimate of drug-likeness (QED) is 0.659. The smallest absolute Gasteiger partial charge is 0.326 e. The van der Waals surface area contributed by atoms with E-state index in [9.17, 15) is 14.0 Å². The highest BCUT2D eigenvalue weighted by Crippen LogP contribution is 2.24. The van der Waals surface area contributed by atoms with Crippen LogP contribution in [0.4, 0.5) is 14.9 Å². The van der Waals surface area contributed by atoms with Crippen molar-refractivity contribution in [3.05, 3.63) is 29.0 Å². The number of hydrogen-bond acceptors (Lipinski definition) is 3. The van der Waals surface area contributed by atoms with Gasteiger partial charge in [-0.25, -0.2) is 14.0 Å². The summed E-state index contributed by atoms with van der Waals surface area (Å²) in [6.07, 6.45) is -0.159. The Hall–Kier alpha value is -1.86. The van der Waals surface area contributed by atoms with E-state index in [0.29, 0.717) is 0 Å². The monoisotopic (exact) mass is 290 g/mol. The number of carboxylic acid groups (broad SMARTS) is 1. The van der Waals surface area contributed by atoms with Crippen molar-refractivity contribution in [2.75, 3.05) is 11.9 Å². The van der Waals surface area contributed by atoms with Crippen molar-refractivity contribution in [2.24, 2.45) is 0 Å². The molecule has 1 aromatic rings. The van der Waals surface area contributed by atoms with E-state index in [1.807, 2.05) is 0 Å². The number of rotatable bonds is 5. The fourth-order valence-electron chi connectivity index (χ4n) is 1.31. The molecule has 0 saturated carbocycles. The number of nitrogens with one attached hydrogen (secondary N) is 2. The van der Waals surface area contributed by atoms with Crippen LogP contribution in [0.25, 0.3) is 0 Å². The zero-order valence-electron chi connectivity index (χ0n) is 9.69. The third-order valence-corrected chi connectivity index (χ3v) is 2.54. The number of carbonyl (C=O) groups excluding carboxylic acids is 1.